The SMILES string of the molecule is CC(CO)CNC(=O)CC(=O)O. The minimum atomic E-state index is -1.15. The highest BCUT2D eigenvalue weighted by molar-refractivity contribution is 5.93. The summed E-state index contributed by atoms with van der Waals surface area (Å²) < 4.78 is 0. The molecule has 0 heterocycles. The van der Waals surface area contributed by atoms with Crippen molar-refractivity contribution in [3.63, 3.8) is 0 Å². The number of aliphatic hydroxyl groups excluding tert-OH is 1. The number of carboxylic acids is 1. The van der Waals surface area contributed by atoms with E-state index in [1.165, 1.54) is 0 Å². The van der Waals surface area contributed by atoms with Crippen LogP contribution in [0.15, 0.2) is 0 Å². The second-order valence-corrected chi connectivity index (χ2v) is 2.66. The summed E-state index contributed by atoms with van der Waals surface area (Å²) in [4.78, 5) is 20.7. The summed E-state index contributed by atoms with van der Waals surface area (Å²) in [5.41, 5.74) is 0. The Kier molecular flexibility index (Phi) is 5.03. The maximum absolute atomic E-state index is 10.7. The average Bonchev–Trinajstić information content (AvgIpc) is 1.99. The van der Waals surface area contributed by atoms with Crippen molar-refractivity contribution in [1.82, 2.24) is 5.32 Å². The van der Waals surface area contributed by atoms with Gasteiger partial charge in [0.25, 0.3) is 0 Å². The summed E-state index contributed by atoms with van der Waals surface area (Å²) in [5.74, 6) is -1.71. The van der Waals surface area contributed by atoms with Crippen molar-refractivity contribution in [2.24, 2.45) is 5.92 Å². The van der Waals surface area contributed by atoms with E-state index in [1.54, 1.807) is 6.92 Å². The Hall–Kier alpha value is -1.10. The molecule has 3 N–H and O–H groups in total. The van der Waals surface area contributed by atoms with E-state index in [1.807, 2.05) is 0 Å². The van der Waals surface area contributed by atoms with Crippen LogP contribution >= 0.6 is 0 Å². The highest BCUT2D eigenvalue weighted by atomic mass is 16.4. The van der Waals surface area contributed by atoms with Crippen LogP contribution in [0.3, 0.4) is 0 Å². The maximum Gasteiger partial charge on any atom is 0.312 e. The Morgan fingerprint density at radius 2 is 2.08 bits per heavy atom. The summed E-state index contributed by atoms with van der Waals surface area (Å²) in [6.07, 6.45) is -0.516. The van der Waals surface area contributed by atoms with Crippen molar-refractivity contribution in [3.8, 4) is 0 Å². The molecule has 0 fully saturated rings. The number of aliphatic carboxylic acids is 1. The molecule has 0 aromatic rings. The monoisotopic (exact) mass is 175 g/mol. The Balaban J connectivity index is 3.50. The molecule has 0 aliphatic rings. The van der Waals surface area contributed by atoms with Gasteiger partial charge < -0.3 is 15.5 Å². The van der Waals surface area contributed by atoms with Crippen molar-refractivity contribution >= 4 is 11.9 Å². The molecule has 1 atom stereocenters. The lowest BCUT2D eigenvalue weighted by Gasteiger charge is -2.07. The van der Waals surface area contributed by atoms with Crippen molar-refractivity contribution in [3.05, 3.63) is 0 Å². The van der Waals surface area contributed by atoms with Gasteiger partial charge in [0.15, 0.2) is 0 Å². The molecule has 1 amide bonds. The molecule has 70 valence electrons. The van der Waals surface area contributed by atoms with E-state index in [0.717, 1.165) is 0 Å². The zero-order chi connectivity index (χ0) is 9.56. The molecule has 1 unspecified atom stereocenters. The first-order valence-corrected chi connectivity index (χ1v) is 3.65. The van der Waals surface area contributed by atoms with Crippen LogP contribution in [0.5, 0.6) is 0 Å². The number of carboxylic acid groups (broad SMARTS) is 1. The van der Waals surface area contributed by atoms with Gasteiger partial charge in [0.2, 0.25) is 5.91 Å². The lowest BCUT2D eigenvalue weighted by atomic mass is 10.2. The van der Waals surface area contributed by atoms with Crippen LogP contribution in [0.1, 0.15) is 13.3 Å². The first-order valence-electron chi connectivity index (χ1n) is 3.65. The van der Waals surface area contributed by atoms with Crippen molar-refractivity contribution in [2.75, 3.05) is 13.2 Å². The van der Waals surface area contributed by atoms with Crippen molar-refractivity contribution in [1.29, 1.82) is 0 Å². The molecule has 0 saturated carbocycles. The number of nitrogens with one attached hydrogen (secondary N) is 1. The lowest BCUT2D eigenvalue weighted by molar-refractivity contribution is -0.140. The largest absolute Gasteiger partial charge is 0.481 e. The Labute approximate surface area is 70.4 Å². The number of carbonyl (C=O) groups excluding carboxylic acids is 1. The number of hydrogen-bond donors (Lipinski definition) is 3. The van der Waals surface area contributed by atoms with Gasteiger partial charge >= 0.3 is 5.97 Å². The van der Waals surface area contributed by atoms with Crippen LogP contribution < -0.4 is 5.32 Å². The van der Waals surface area contributed by atoms with E-state index in [9.17, 15) is 9.59 Å². The molecule has 0 aromatic heterocycles. The fraction of sp³-hybridized carbons (Fsp3) is 0.714. The second kappa shape index (κ2) is 5.54. The van der Waals surface area contributed by atoms with Gasteiger partial charge in [-0.05, 0) is 5.92 Å². The fourth-order valence-electron chi connectivity index (χ4n) is 0.552. The predicted molar refractivity (Wildman–Crippen MR) is 41.5 cm³/mol. The van der Waals surface area contributed by atoms with Gasteiger partial charge in [-0.3, -0.25) is 9.59 Å². The summed E-state index contributed by atoms with van der Waals surface area (Å²) in [6, 6.07) is 0. The molecule has 0 rings (SSSR count). The van der Waals surface area contributed by atoms with Gasteiger partial charge in [-0.2, -0.15) is 0 Å². The molecule has 0 aromatic carbocycles. The summed E-state index contributed by atoms with van der Waals surface area (Å²) in [7, 11) is 0. The first kappa shape index (κ1) is 10.9. The van der Waals surface area contributed by atoms with Crippen LogP contribution in [0.4, 0.5) is 0 Å². The van der Waals surface area contributed by atoms with Crippen LogP contribution in [0, 0.1) is 5.92 Å². The third-order valence-electron chi connectivity index (χ3n) is 1.27. The standard InChI is InChI=1S/C7H13NO4/c1-5(4-9)3-8-6(10)2-7(11)12/h5,9H,2-4H2,1H3,(H,8,10)(H,11,12). The molecule has 12 heavy (non-hydrogen) atoms. The van der Waals surface area contributed by atoms with E-state index in [-0.39, 0.29) is 12.5 Å². The third-order valence-corrected chi connectivity index (χ3v) is 1.27. The topological polar surface area (TPSA) is 86.6 Å². The molecular weight excluding hydrogens is 162 g/mol. The minimum Gasteiger partial charge on any atom is -0.481 e. The van der Waals surface area contributed by atoms with Crippen molar-refractivity contribution in [2.45, 2.75) is 13.3 Å². The Morgan fingerprint density at radius 1 is 1.50 bits per heavy atom. The van der Waals surface area contributed by atoms with Gasteiger partial charge in [-0.1, -0.05) is 6.92 Å². The quantitative estimate of drug-likeness (QED) is 0.478. The number of hydrogen-bond acceptors (Lipinski definition) is 3. The molecule has 0 spiro atoms. The smallest absolute Gasteiger partial charge is 0.312 e. The van der Waals surface area contributed by atoms with E-state index in [0.29, 0.717) is 6.54 Å². The summed E-state index contributed by atoms with van der Waals surface area (Å²) >= 11 is 0. The van der Waals surface area contributed by atoms with E-state index in [4.69, 9.17) is 10.2 Å². The van der Waals surface area contributed by atoms with Gasteiger partial charge in [-0.25, -0.2) is 0 Å². The molecule has 0 bridgehead atoms. The average molecular weight is 175 g/mol. The van der Waals surface area contributed by atoms with Gasteiger partial charge in [0.05, 0.1) is 0 Å². The van der Waals surface area contributed by atoms with Crippen LogP contribution in [0.2, 0.25) is 0 Å². The minimum absolute atomic E-state index is 0.0205. The maximum atomic E-state index is 10.7. The highest BCUT2D eigenvalue weighted by Crippen LogP contribution is 1.89. The fourth-order valence-corrected chi connectivity index (χ4v) is 0.552. The third kappa shape index (κ3) is 5.67. The molecule has 0 saturated heterocycles. The lowest BCUT2D eigenvalue weighted by Crippen LogP contribution is -2.30. The molecule has 0 aliphatic heterocycles. The Bertz CT molecular complexity index is 169. The van der Waals surface area contributed by atoms with Crippen LogP contribution in [-0.2, 0) is 9.59 Å². The van der Waals surface area contributed by atoms with E-state index in [2.05, 4.69) is 5.32 Å². The molecule has 5 nitrogen and oxygen atoms in total. The van der Waals surface area contributed by atoms with Gasteiger partial charge in [-0.15, -0.1) is 0 Å². The van der Waals surface area contributed by atoms with E-state index >= 15 is 0 Å². The van der Waals surface area contributed by atoms with Crippen molar-refractivity contribution < 1.29 is 19.8 Å². The zero-order valence-electron chi connectivity index (χ0n) is 6.91. The second-order valence-electron chi connectivity index (χ2n) is 2.66. The highest BCUT2D eigenvalue weighted by Gasteiger charge is 2.07. The number of carbonyl (C=O) groups is 2. The molecular formula is C7H13NO4. The van der Waals surface area contributed by atoms with Gasteiger partial charge in [0, 0.05) is 13.2 Å². The van der Waals surface area contributed by atoms with Crippen LogP contribution in [-0.4, -0.2) is 35.2 Å². The van der Waals surface area contributed by atoms with Crippen LogP contribution in [0.25, 0.3) is 0 Å². The molecule has 0 radical (unpaired) electrons. The Morgan fingerprint density at radius 3 is 2.50 bits per heavy atom. The number of rotatable bonds is 5. The molecule has 5 heteroatoms. The van der Waals surface area contributed by atoms with Gasteiger partial charge in [0.1, 0.15) is 6.42 Å². The molecule has 0 aliphatic carbocycles. The first-order chi connectivity index (χ1) is 5.56. The zero-order valence-corrected chi connectivity index (χ0v) is 6.91. The summed E-state index contributed by atoms with van der Waals surface area (Å²) in [6.45, 7) is 2.04. The predicted octanol–water partition coefficient (Wildman–Crippen LogP) is -0.794. The normalized spacial score (nSPS) is 12.2. The van der Waals surface area contributed by atoms with E-state index < -0.39 is 18.3 Å². The summed E-state index contributed by atoms with van der Waals surface area (Å²) in [5, 5.41) is 19.1. The number of amides is 1. The number of aliphatic hydroxyl groups is 1.